The first-order valence-corrected chi connectivity index (χ1v) is 37.5. The second-order valence-corrected chi connectivity index (χ2v) is 45.8. The lowest BCUT2D eigenvalue weighted by Crippen LogP contribution is -2.48. The minimum Gasteiger partial charge on any atom is -0.478 e. The first-order chi connectivity index (χ1) is 29.9. The molecule has 0 aliphatic heterocycles. The molecule has 392 valence electrons. The van der Waals surface area contributed by atoms with Crippen LogP contribution in [0.1, 0.15) is 150 Å². The number of carbonyl (C=O) groups is 1. The van der Waals surface area contributed by atoms with Gasteiger partial charge < -0.3 is 27.9 Å². The van der Waals surface area contributed by atoms with E-state index in [4.69, 9.17) is 17.7 Å². The third-order valence-corrected chi connectivity index (χ3v) is 34.4. The average Bonchev–Trinajstić information content (AvgIpc) is 3.14. The zero-order chi connectivity index (χ0) is 52.9. The predicted molar refractivity (Wildman–Crippen MR) is 302 cm³/mol. The van der Waals surface area contributed by atoms with Gasteiger partial charge in [0.05, 0.1) is 30.5 Å². The van der Waals surface area contributed by atoms with Gasteiger partial charge in [-0.2, -0.15) is 0 Å². The van der Waals surface area contributed by atoms with Gasteiger partial charge in [0, 0.05) is 24.3 Å². The number of aliphatic hydroxyl groups is 1. The van der Waals surface area contributed by atoms with E-state index in [9.17, 15) is 15.0 Å². The van der Waals surface area contributed by atoms with Crippen molar-refractivity contribution >= 4 is 39.2 Å². The molecule has 0 heterocycles. The van der Waals surface area contributed by atoms with Crippen molar-refractivity contribution < 1.29 is 32.7 Å². The Labute approximate surface area is 420 Å². The van der Waals surface area contributed by atoms with Crippen molar-refractivity contribution in [3.63, 3.8) is 0 Å². The van der Waals surface area contributed by atoms with E-state index in [1.807, 2.05) is 18.2 Å². The lowest BCUT2D eigenvalue weighted by Gasteiger charge is -2.44. The van der Waals surface area contributed by atoms with Gasteiger partial charge in [-0.25, -0.2) is 4.79 Å². The standard InChI is InChI=1S/C56H110O7Si4/c1-28-29-32-43(4)51(59)46(7)48(61-65(22,23)54(11,12)13)38-35-41(2)39-45(6)52(63-67(26,27)56(17,18)19)44(5)36-37-47(60-64(20,21)53(8,9)10)40-49(62-66(24,25)55(14,15)16)42(3)33-30-31-34-50(57)58/h28-34,36-37,41-49,51-52,59H,1,35,38-40H2,2-27H3,(H,57,58)/b32-29-,33-30+,34-31-,37-36-/t41-,42+,43-,44-,45-,46-,47+,48-,49-,51-,52-/m0/s1. The van der Waals surface area contributed by atoms with Crippen LogP contribution in [0, 0.1) is 35.5 Å². The first-order valence-electron chi connectivity index (χ1n) is 25.9. The zero-order valence-corrected chi connectivity index (χ0v) is 52.5. The molecule has 0 fully saturated rings. The quantitative estimate of drug-likeness (QED) is 0.0349. The van der Waals surface area contributed by atoms with Crippen molar-refractivity contribution in [3.05, 3.63) is 61.3 Å². The molecule has 0 bridgehead atoms. The highest BCUT2D eigenvalue weighted by molar-refractivity contribution is 6.75. The number of allylic oxidation sites excluding steroid dienone is 4. The fourth-order valence-electron chi connectivity index (χ4n) is 7.43. The molecule has 11 atom stereocenters. The lowest BCUT2D eigenvalue weighted by molar-refractivity contribution is -0.131. The van der Waals surface area contributed by atoms with E-state index >= 15 is 0 Å². The molecule has 67 heavy (non-hydrogen) atoms. The van der Waals surface area contributed by atoms with Gasteiger partial charge in [0.1, 0.15) is 0 Å². The highest BCUT2D eigenvalue weighted by atomic mass is 28.4. The Kier molecular flexibility index (Phi) is 26.0. The summed E-state index contributed by atoms with van der Waals surface area (Å²) in [7, 11) is -8.74. The van der Waals surface area contributed by atoms with Crippen LogP contribution in [-0.2, 0) is 22.5 Å². The topological polar surface area (TPSA) is 94.5 Å². The Bertz CT molecular complexity index is 1600. The van der Waals surface area contributed by atoms with Crippen molar-refractivity contribution in [2.75, 3.05) is 0 Å². The maximum atomic E-state index is 11.6. The van der Waals surface area contributed by atoms with Crippen molar-refractivity contribution in [3.8, 4) is 0 Å². The van der Waals surface area contributed by atoms with E-state index in [1.54, 1.807) is 12.2 Å². The molecule has 2 N–H and O–H groups in total. The molecule has 0 aliphatic rings. The van der Waals surface area contributed by atoms with Gasteiger partial charge in [0.25, 0.3) is 0 Å². The highest BCUT2D eigenvalue weighted by Crippen LogP contribution is 2.44. The van der Waals surface area contributed by atoms with Crippen LogP contribution in [0.3, 0.4) is 0 Å². The molecule has 0 aliphatic carbocycles. The maximum Gasteiger partial charge on any atom is 0.328 e. The summed E-state index contributed by atoms with van der Waals surface area (Å²) in [5.74, 6) is -0.136. The van der Waals surface area contributed by atoms with Crippen LogP contribution in [-0.4, -0.2) is 80.0 Å². The number of aliphatic hydroxyl groups excluding tert-OH is 1. The number of carboxylic acid groups (broad SMARTS) is 1. The van der Waals surface area contributed by atoms with Crippen LogP contribution in [0.5, 0.6) is 0 Å². The summed E-state index contributed by atoms with van der Waals surface area (Å²) in [6, 6.07) is 0. The van der Waals surface area contributed by atoms with Gasteiger partial charge >= 0.3 is 5.97 Å². The van der Waals surface area contributed by atoms with Crippen LogP contribution < -0.4 is 0 Å². The minimum absolute atomic E-state index is 0.00525. The summed E-state index contributed by atoms with van der Waals surface area (Å²) in [6.45, 7) is 63.6. The summed E-state index contributed by atoms with van der Waals surface area (Å²) in [6.07, 6.45) is 19.9. The van der Waals surface area contributed by atoms with Crippen LogP contribution in [0.2, 0.25) is 72.5 Å². The summed E-state index contributed by atoms with van der Waals surface area (Å²) in [5, 5.41) is 21.0. The van der Waals surface area contributed by atoms with Crippen molar-refractivity contribution in [2.24, 2.45) is 35.5 Å². The predicted octanol–water partition coefficient (Wildman–Crippen LogP) is 16.8. The Morgan fingerprint density at radius 3 is 1.42 bits per heavy atom. The second kappa shape index (κ2) is 26.5. The fourth-order valence-corrected chi connectivity index (χ4v) is 13.1. The Hall–Kier alpha value is -1.16. The largest absolute Gasteiger partial charge is 0.478 e. The number of hydrogen-bond donors (Lipinski definition) is 2. The molecule has 0 unspecified atom stereocenters. The monoisotopic (exact) mass is 1010 g/mol. The average molecular weight is 1010 g/mol. The molecular formula is C56H110O7Si4. The van der Waals surface area contributed by atoms with E-state index < -0.39 is 45.3 Å². The van der Waals surface area contributed by atoms with Gasteiger partial charge in [0.15, 0.2) is 33.3 Å². The van der Waals surface area contributed by atoms with Gasteiger partial charge in [-0.1, -0.05) is 180 Å². The Morgan fingerprint density at radius 2 is 0.970 bits per heavy atom. The van der Waals surface area contributed by atoms with Crippen LogP contribution in [0.15, 0.2) is 61.3 Å². The molecule has 0 rings (SSSR count). The molecule has 0 aromatic heterocycles. The molecule has 11 heteroatoms. The third-order valence-electron chi connectivity index (χ3n) is 16.5. The number of rotatable bonds is 28. The summed E-state index contributed by atoms with van der Waals surface area (Å²) in [4.78, 5) is 11.3. The van der Waals surface area contributed by atoms with E-state index in [2.05, 4.69) is 202 Å². The summed E-state index contributed by atoms with van der Waals surface area (Å²) >= 11 is 0. The first kappa shape index (κ1) is 65.8. The normalized spacial score (nSPS) is 19.6. The van der Waals surface area contributed by atoms with Gasteiger partial charge in [-0.05, 0) is 115 Å². The lowest BCUT2D eigenvalue weighted by atomic mass is 9.82. The fraction of sp³-hybridized carbons (Fsp3) is 0.804. The zero-order valence-electron chi connectivity index (χ0n) is 48.5. The number of hydrogen-bond acceptors (Lipinski definition) is 6. The van der Waals surface area contributed by atoms with Crippen molar-refractivity contribution in [2.45, 2.75) is 253 Å². The number of carboxylic acids is 1. The van der Waals surface area contributed by atoms with Gasteiger partial charge in [-0.3, -0.25) is 0 Å². The molecule has 0 aromatic rings. The Balaban J connectivity index is 7.20. The maximum absolute atomic E-state index is 11.6. The Morgan fingerprint density at radius 1 is 0.537 bits per heavy atom. The smallest absolute Gasteiger partial charge is 0.328 e. The highest BCUT2D eigenvalue weighted by Gasteiger charge is 2.45. The van der Waals surface area contributed by atoms with Crippen LogP contribution in [0.25, 0.3) is 0 Å². The molecule has 0 aromatic carbocycles. The molecule has 0 radical (unpaired) electrons. The van der Waals surface area contributed by atoms with Gasteiger partial charge in [-0.15, -0.1) is 0 Å². The van der Waals surface area contributed by atoms with E-state index in [0.29, 0.717) is 12.3 Å². The SMILES string of the molecule is C=C/C=C\[C@H](C)[C@H](O)[C@@H](C)[C@H](CC[C@H](C)C[C@H](C)[C@@H](O[Si](C)(C)C(C)(C)C)[C@@H](C)/C=C\[C@H](C[C@H](O[Si](C)(C)C(C)(C)C)[C@H](C)/C=C/C=C\C(=O)O)O[Si](C)(C)C(C)(C)C)O[Si](C)(C)C(C)(C)C. The van der Waals surface area contributed by atoms with Gasteiger partial charge in [0.2, 0.25) is 0 Å². The molecule has 0 saturated carbocycles. The third kappa shape index (κ3) is 22.0. The van der Waals surface area contributed by atoms with E-state index in [0.717, 1.165) is 19.3 Å². The second-order valence-electron chi connectivity index (χ2n) is 26.7. The van der Waals surface area contributed by atoms with Crippen molar-refractivity contribution in [1.82, 2.24) is 0 Å². The minimum atomic E-state index is -2.23. The number of aliphatic carboxylic acids is 1. The summed E-state index contributed by atoms with van der Waals surface area (Å²) in [5.41, 5.74) is 0. The molecule has 0 saturated heterocycles. The van der Waals surface area contributed by atoms with E-state index in [1.165, 1.54) is 6.08 Å². The molecule has 0 amide bonds. The van der Waals surface area contributed by atoms with Crippen LogP contribution in [0.4, 0.5) is 0 Å². The van der Waals surface area contributed by atoms with Crippen LogP contribution >= 0.6 is 0 Å². The summed E-state index contributed by atoms with van der Waals surface area (Å²) < 4.78 is 29.2. The molecular weight excluding hydrogens is 897 g/mol. The van der Waals surface area contributed by atoms with Crippen molar-refractivity contribution in [1.29, 1.82) is 0 Å². The van der Waals surface area contributed by atoms with E-state index in [-0.39, 0.29) is 74.2 Å². The molecule has 0 spiro atoms. The molecule has 7 nitrogen and oxygen atoms in total.